The summed E-state index contributed by atoms with van der Waals surface area (Å²) in [6.45, 7) is 4.03. The zero-order chi connectivity index (χ0) is 10.4. The number of nitriles is 1. The highest BCUT2D eigenvalue weighted by atomic mass is 15.2. The van der Waals surface area contributed by atoms with E-state index >= 15 is 0 Å². The Labute approximate surface area is 83.2 Å². The van der Waals surface area contributed by atoms with E-state index in [0.29, 0.717) is 24.7 Å². The third-order valence-electron chi connectivity index (χ3n) is 1.82. The lowest BCUT2D eigenvalue weighted by molar-refractivity contribution is 0.782. The molecule has 1 heterocycles. The Morgan fingerprint density at radius 3 is 3.00 bits per heavy atom. The number of nitrogens with zero attached hydrogens (tertiary/aromatic N) is 4. The van der Waals surface area contributed by atoms with Crippen LogP contribution in [0.5, 0.6) is 0 Å². The zero-order valence-electron chi connectivity index (χ0n) is 8.14. The van der Waals surface area contributed by atoms with E-state index in [1.165, 1.54) is 0 Å². The number of hydrogen-bond donors (Lipinski definition) is 1. The van der Waals surface area contributed by atoms with E-state index < -0.39 is 0 Å². The highest BCUT2D eigenvalue weighted by Gasteiger charge is 2.06. The normalized spacial score (nSPS) is 9.50. The maximum atomic E-state index is 8.66. The second-order valence-electron chi connectivity index (χ2n) is 2.72. The fourth-order valence-corrected chi connectivity index (χ4v) is 1.12. The van der Waals surface area contributed by atoms with E-state index in [1.54, 1.807) is 12.3 Å². The van der Waals surface area contributed by atoms with Gasteiger partial charge in [0.25, 0.3) is 0 Å². The number of aromatic nitrogens is 2. The van der Waals surface area contributed by atoms with E-state index in [1.807, 2.05) is 17.9 Å². The van der Waals surface area contributed by atoms with E-state index in [9.17, 15) is 0 Å². The Morgan fingerprint density at radius 1 is 1.64 bits per heavy atom. The molecule has 0 aromatic carbocycles. The van der Waals surface area contributed by atoms with Gasteiger partial charge in [0.05, 0.1) is 0 Å². The van der Waals surface area contributed by atoms with Gasteiger partial charge in [-0.2, -0.15) is 5.26 Å². The van der Waals surface area contributed by atoms with Crippen molar-refractivity contribution in [2.24, 2.45) is 5.73 Å². The Morgan fingerprint density at radius 2 is 2.43 bits per heavy atom. The molecule has 74 valence electrons. The highest BCUT2D eigenvalue weighted by Crippen LogP contribution is 2.05. The summed E-state index contributed by atoms with van der Waals surface area (Å²) in [5, 5.41) is 8.66. The minimum atomic E-state index is 0.380. The molecule has 0 atom stereocenters. The van der Waals surface area contributed by atoms with Crippen molar-refractivity contribution in [3.63, 3.8) is 0 Å². The van der Waals surface area contributed by atoms with Gasteiger partial charge in [-0.15, -0.1) is 0 Å². The molecular formula is C9H13N5. The second kappa shape index (κ2) is 5.14. The molecule has 2 N–H and O–H groups in total. The lowest BCUT2D eigenvalue weighted by Gasteiger charge is -2.19. The molecule has 0 fully saturated rings. The average Bonchev–Trinajstić information content (AvgIpc) is 2.26. The summed E-state index contributed by atoms with van der Waals surface area (Å²) in [5.74, 6) is 0.567. The quantitative estimate of drug-likeness (QED) is 0.732. The van der Waals surface area contributed by atoms with Crippen molar-refractivity contribution in [1.29, 1.82) is 5.26 Å². The van der Waals surface area contributed by atoms with Crippen molar-refractivity contribution in [2.75, 3.05) is 24.5 Å². The molecule has 1 aromatic heterocycles. The fraction of sp³-hybridized carbons (Fsp3) is 0.444. The lowest BCUT2D eigenvalue weighted by Crippen LogP contribution is -2.30. The van der Waals surface area contributed by atoms with Crippen molar-refractivity contribution in [3.8, 4) is 6.07 Å². The standard InChI is InChI=1S/C9H13N5/c1-2-14(6-4-10)9-12-5-3-8(7-11)13-9/h3,5H,2,4,6,10H2,1H3. The molecule has 0 aliphatic heterocycles. The van der Waals surface area contributed by atoms with Gasteiger partial charge >= 0.3 is 0 Å². The summed E-state index contributed by atoms with van der Waals surface area (Å²) in [5.41, 5.74) is 5.83. The number of nitrogens with two attached hydrogens (primary N) is 1. The monoisotopic (exact) mass is 191 g/mol. The summed E-state index contributed by atoms with van der Waals surface area (Å²) in [6, 6.07) is 3.56. The van der Waals surface area contributed by atoms with Crippen LogP contribution in [0.2, 0.25) is 0 Å². The topological polar surface area (TPSA) is 78.8 Å². The lowest BCUT2D eigenvalue weighted by atomic mass is 10.4. The molecule has 5 heteroatoms. The predicted octanol–water partition coefficient (Wildman–Crippen LogP) is 0.133. The summed E-state index contributed by atoms with van der Waals surface area (Å²) >= 11 is 0. The van der Waals surface area contributed by atoms with Gasteiger partial charge in [-0.3, -0.25) is 0 Å². The molecule has 0 aliphatic rings. The highest BCUT2D eigenvalue weighted by molar-refractivity contribution is 5.33. The molecule has 0 saturated heterocycles. The van der Waals surface area contributed by atoms with Gasteiger partial charge in [-0.1, -0.05) is 0 Å². The van der Waals surface area contributed by atoms with Crippen molar-refractivity contribution in [1.82, 2.24) is 9.97 Å². The van der Waals surface area contributed by atoms with Crippen LogP contribution in [0.1, 0.15) is 12.6 Å². The molecule has 5 nitrogen and oxygen atoms in total. The fourth-order valence-electron chi connectivity index (χ4n) is 1.12. The predicted molar refractivity (Wildman–Crippen MR) is 53.7 cm³/mol. The molecule has 1 aromatic rings. The molecule has 14 heavy (non-hydrogen) atoms. The Hall–Kier alpha value is -1.67. The van der Waals surface area contributed by atoms with Gasteiger partial charge in [0.15, 0.2) is 0 Å². The van der Waals surface area contributed by atoms with E-state index in [0.717, 1.165) is 6.54 Å². The van der Waals surface area contributed by atoms with E-state index in [-0.39, 0.29) is 0 Å². The number of hydrogen-bond acceptors (Lipinski definition) is 5. The second-order valence-corrected chi connectivity index (χ2v) is 2.72. The van der Waals surface area contributed by atoms with Gasteiger partial charge in [0.2, 0.25) is 5.95 Å². The Kier molecular flexibility index (Phi) is 3.83. The van der Waals surface area contributed by atoms with E-state index in [2.05, 4.69) is 9.97 Å². The number of likely N-dealkylation sites (N-methyl/N-ethyl adjacent to an activating group) is 1. The molecule has 0 aliphatic carbocycles. The summed E-state index contributed by atoms with van der Waals surface area (Å²) in [4.78, 5) is 10.1. The minimum absolute atomic E-state index is 0.380. The maximum absolute atomic E-state index is 8.66. The molecular weight excluding hydrogens is 178 g/mol. The molecule has 0 spiro atoms. The zero-order valence-corrected chi connectivity index (χ0v) is 8.14. The van der Waals surface area contributed by atoms with Crippen LogP contribution in [-0.4, -0.2) is 29.6 Å². The van der Waals surface area contributed by atoms with Gasteiger partial charge in [-0.25, -0.2) is 9.97 Å². The smallest absolute Gasteiger partial charge is 0.226 e. The first kappa shape index (κ1) is 10.4. The van der Waals surface area contributed by atoms with Crippen LogP contribution in [0, 0.1) is 11.3 Å². The Bertz CT molecular complexity index is 330. The molecule has 0 radical (unpaired) electrons. The van der Waals surface area contributed by atoms with Crippen molar-refractivity contribution >= 4 is 5.95 Å². The molecule has 1 rings (SSSR count). The van der Waals surface area contributed by atoms with Crippen LogP contribution in [0.3, 0.4) is 0 Å². The van der Waals surface area contributed by atoms with Gasteiger partial charge in [0.1, 0.15) is 11.8 Å². The molecule has 0 unspecified atom stereocenters. The van der Waals surface area contributed by atoms with Crippen LogP contribution in [0.25, 0.3) is 0 Å². The van der Waals surface area contributed by atoms with Gasteiger partial charge in [-0.05, 0) is 13.0 Å². The number of anilines is 1. The van der Waals surface area contributed by atoms with Crippen molar-refractivity contribution in [3.05, 3.63) is 18.0 Å². The van der Waals surface area contributed by atoms with Crippen LogP contribution in [0.4, 0.5) is 5.95 Å². The SMILES string of the molecule is CCN(CCN)c1nccc(C#N)n1. The number of rotatable bonds is 4. The molecule has 0 amide bonds. The summed E-state index contributed by atoms with van der Waals surface area (Å²) in [6.07, 6.45) is 1.58. The first-order valence-corrected chi connectivity index (χ1v) is 4.50. The third-order valence-corrected chi connectivity index (χ3v) is 1.82. The van der Waals surface area contributed by atoms with Crippen LogP contribution in [0.15, 0.2) is 12.3 Å². The summed E-state index contributed by atoms with van der Waals surface area (Å²) in [7, 11) is 0. The molecule has 0 saturated carbocycles. The van der Waals surface area contributed by atoms with Crippen LogP contribution in [-0.2, 0) is 0 Å². The first-order chi connectivity index (χ1) is 6.81. The first-order valence-electron chi connectivity index (χ1n) is 4.50. The van der Waals surface area contributed by atoms with Crippen molar-refractivity contribution in [2.45, 2.75) is 6.92 Å². The molecule has 0 bridgehead atoms. The van der Waals surface area contributed by atoms with E-state index in [4.69, 9.17) is 11.0 Å². The van der Waals surface area contributed by atoms with Crippen LogP contribution >= 0.6 is 0 Å². The van der Waals surface area contributed by atoms with Gasteiger partial charge < -0.3 is 10.6 Å². The van der Waals surface area contributed by atoms with Crippen LogP contribution < -0.4 is 10.6 Å². The van der Waals surface area contributed by atoms with Gasteiger partial charge in [0, 0.05) is 25.8 Å². The van der Waals surface area contributed by atoms with Crippen molar-refractivity contribution < 1.29 is 0 Å². The summed E-state index contributed by atoms with van der Waals surface area (Å²) < 4.78 is 0. The average molecular weight is 191 g/mol. The minimum Gasteiger partial charge on any atom is -0.340 e. The largest absolute Gasteiger partial charge is 0.340 e. The third kappa shape index (κ3) is 2.41. The Balaban J connectivity index is 2.87. The maximum Gasteiger partial charge on any atom is 0.226 e.